The molecule has 2 rings (SSSR count). The fourth-order valence-corrected chi connectivity index (χ4v) is 2.51. The van der Waals surface area contributed by atoms with E-state index in [-0.39, 0.29) is 5.91 Å². The SMILES string of the molecule is Cc1cccc(C)c1NC(=O)c1ccc(S(C)=O)cc1. The van der Waals surface area contributed by atoms with E-state index in [4.69, 9.17) is 0 Å². The monoisotopic (exact) mass is 287 g/mol. The lowest BCUT2D eigenvalue weighted by atomic mass is 10.1. The van der Waals surface area contributed by atoms with Crippen molar-refractivity contribution in [2.24, 2.45) is 0 Å². The molecule has 0 saturated heterocycles. The highest BCUT2D eigenvalue weighted by Crippen LogP contribution is 2.20. The first-order chi connectivity index (χ1) is 9.49. The van der Waals surface area contributed by atoms with Crippen molar-refractivity contribution in [1.29, 1.82) is 0 Å². The van der Waals surface area contributed by atoms with Gasteiger partial charge < -0.3 is 5.32 Å². The Morgan fingerprint density at radius 2 is 1.55 bits per heavy atom. The number of amides is 1. The summed E-state index contributed by atoms with van der Waals surface area (Å²) >= 11 is 0. The van der Waals surface area contributed by atoms with Gasteiger partial charge in [0.2, 0.25) is 0 Å². The summed E-state index contributed by atoms with van der Waals surface area (Å²) in [5, 5.41) is 2.93. The zero-order valence-corrected chi connectivity index (χ0v) is 12.6. The number of nitrogens with one attached hydrogen (secondary N) is 1. The molecular formula is C16H17NO2S. The van der Waals surface area contributed by atoms with Crippen LogP contribution in [-0.2, 0) is 10.8 Å². The molecule has 0 saturated carbocycles. The molecule has 3 nitrogen and oxygen atoms in total. The maximum Gasteiger partial charge on any atom is 0.255 e. The van der Waals surface area contributed by atoms with E-state index < -0.39 is 10.8 Å². The maximum absolute atomic E-state index is 12.2. The minimum atomic E-state index is -1.03. The highest BCUT2D eigenvalue weighted by Gasteiger charge is 2.09. The summed E-state index contributed by atoms with van der Waals surface area (Å²) in [4.78, 5) is 12.9. The number of hydrogen-bond acceptors (Lipinski definition) is 2. The fourth-order valence-electron chi connectivity index (χ4n) is 2.00. The van der Waals surface area contributed by atoms with Gasteiger partial charge in [-0.3, -0.25) is 9.00 Å². The van der Waals surface area contributed by atoms with Gasteiger partial charge in [-0.1, -0.05) is 18.2 Å². The van der Waals surface area contributed by atoms with Crippen molar-refractivity contribution >= 4 is 22.4 Å². The number of anilines is 1. The highest BCUT2D eigenvalue weighted by molar-refractivity contribution is 7.84. The molecule has 1 N–H and O–H groups in total. The molecule has 20 heavy (non-hydrogen) atoms. The van der Waals surface area contributed by atoms with Gasteiger partial charge >= 0.3 is 0 Å². The molecule has 1 unspecified atom stereocenters. The summed E-state index contributed by atoms with van der Waals surface area (Å²) in [7, 11) is -1.03. The van der Waals surface area contributed by atoms with Crippen LogP contribution in [0.3, 0.4) is 0 Å². The molecule has 0 radical (unpaired) electrons. The zero-order chi connectivity index (χ0) is 14.7. The smallest absolute Gasteiger partial charge is 0.255 e. The van der Waals surface area contributed by atoms with Gasteiger partial charge in [-0.05, 0) is 49.2 Å². The summed E-state index contributed by atoms with van der Waals surface area (Å²) in [6.45, 7) is 3.93. The molecule has 104 valence electrons. The number of carbonyl (C=O) groups is 1. The number of aryl methyl sites for hydroxylation is 2. The zero-order valence-electron chi connectivity index (χ0n) is 11.8. The Hall–Kier alpha value is -1.94. The number of rotatable bonds is 3. The molecule has 0 aromatic heterocycles. The van der Waals surface area contributed by atoms with Crippen LogP contribution in [0.1, 0.15) is 21.5 Å². The summed E-state index contributed by atoms with van der Waals surface area (Å²) in [5.74, 6) is -0.157. The van der Waals surface area contributed by atoms with Crippen molar-refractivity contribution in [1.82, 2.24) is 0 Å². The number of para-hydroxylation sites is 1. The van der Waals surface area contributed by atoms with Crippen LogP contribution in [-0.4, -0.2) is 16.4 Å². The van der Waals surface area contributed by atoms with E-state index in [9.17, 15) is 9.00 Å². The Bertz CT molecular complexity index is 642. The Kier molecular flexibility index (Phi) is 4.35. The van der Waals surface area contributed by atoms with E-state index in [1.165, 1.54) is 0 Å². The first-order valence-corrected chi connectivity index (χ1v) is 7.86. The third kappa shape index (κ3) is 3.14. The van der Waals surface area contributed by atoms with Gasteiger partial charge in [0.25, 0.3) is 5.91 Å². The molecule has 1 atom stereocenters. The lowest BCUT2D eigenvalue weighted by Crippen LogP contribution is -2.13. The van der Waals surface area contributed by atoms with Gasteiger partial charge in [0, 0.05) is 33.2 Å². The molecule has 0 heterocycles. The Morgan fingerprint density at radius 1 is 1.00 bits per heavy atom. The van der Waals surface area contributed by atoms with Gasteiger partial charge in [-0.2, -0.15) is 0 Å². The average Bonchev–Trinajstić information content (AvgIpc) is 2.43. The summed E-state index contributed by atoms with van der Waals surface area (Å²) < 4.78 is 11.3. The van der Waals surface area contributed by atoms with Crippen molar-refractivity contribution < 1.29 is 9.00 Å². The molecular weight excluding hydrogens is 270 g/mol. The predicted molar refractivity (Wildman–Crippen MR) is 82.6 cm³/mol. The van der Waals surface area contributed by atoms with Crippen LogP contribution >= 0.6 is 0 Å². The summed E-state index contributed by atoms with van der Waals surface area (Å²) in [6, 6.07) is 12.7. The average molecular weight is 287 g/mol. The molecule has 0 spiro atoms. The second-order valence-electron chi connectivity index (χ2n) is 4.70. The minimum Gasteiger partial charge on any atom is -0.322 e. The molecule has 2 aromatic carbocycles. The standard InChI is InChI=1S/C16H17NO2S/c1-11-5-4-6-12(2)15(11)17-16(18)13-7-9-14(10-8-13)20(3)19/h4-10H,1-3H3,(H,17,18). The van der Waals surface area contributed by atoms with Crippen LogP contribution in [0.4, 0.5) is 5.69 Å². The van der Waals surface area contributed by atoms with Crippen molar-refractivity contribution in [2.45, 2.75) is 18.7 Å². The fraction of sp³-hybridized carbons (Fsp3) is 0.188. The number of benzene rings is 2. The second kappa shape index (κ2) is 6.01. The van der Waals surface area contributed by atoms with E-state index in [0.717, 1.165) is 16.8 Å². The summed E-state index contributed by atoms with van der Waals surface area (Å²) in [6.07, 6.45) is 1.62. The Labute approximate surface area is 121 Å². The van der Waals surface area contributed by atoms with Gasteiger partial charge in [0.15, 0.2) is 0 Å². The van der Waals surface area contributed by atoms with Crippen molar-refractivity contribution in [3.8, 4) is 0 Å². The molecule has 0 aliphatic carbocycles. The molecule has 0 fully saturated rings. The Morgan fingerprint density at radius 3 is 2.05 bits per heavy atom. The minimum absolute atomic E-state index is 0.157. The van der Waals surface area contributed by atoms with Crippen LogP contribution in [0.2, 0.25) is 0 Å². The molecule has 1 amide bonds. The lowest BCUT2D eigenvalue weighted by molar-refractivity contribution is 0.102. The largest absolute Gasteiger partial charge is 0.322 e. The van der Waals surface area contributed by atoms with E-state index in [1.54, 1.807) is 30.5 Å². The quantitative estimate of drug-likeness (QED) is 0.941. The highest BCUT2D eigenvalue weighted by atomic mass is 32.2. The van der Waals surface area contributed by atoms with Crippen LogP contribution < -0.4 is 5.32 Å². The van der Waals surface area contributed by atoms with Crippen molar-refractivity contribution in [3.05, 3.63) is 59.2 Å². The van der Waals surface area contributed by atoms with Crippen LogP contribution in [0.25, 0.3) is 0 Å². The maximum atomic E-state index is 12.2. The normalized spacial score (nSPS) is 11.9. The van der Waals surface area contributed by atoms with Gasteiger partial charge in [-0.25, -0.2) is 0 Å². The first-order valence-electron chi connectivity index (χ1n) is 6.30. The third-order valence-corrected chi connectivity index (χ3v) is 4.10. The predicted octanol–water partition coefficient (Wildman–Crippen LogP) is 3.29. The lowest BCUT2D eigenvalue weighted by Gasteiger charge is -2.11. The van der Waals surface area contributed by atoms with Crippen LogP contribution in [0.5, 0.6) is 0 Å². The van der Waals surface area contributed by atoms with E-state index >= 15 is 0 Å². The molecule has 0 bridgehead atoms. The second-order valence-corrected chi connectivity index (χ2v) is 6.08. The third-order valence-electron chi connectivity index (χ3n) is 3.17. The van der Waals surface area contributed by atoms with Crippen LogP contribution in [0.15, 0.2) is 47.4 Å². The van der Waals surface area contributed by atoms with E-state index in [0.29, 0.717) is 10.5 Å². The van der Waals surface area contributed by atoms with Gasteiger partial charge in [0.1, 0.15) is 0 Å². The number of hydrogen-bond donors (Lipinski definition) is 1. The molecule has 2 aromatic rings. The van der Waals surface area contributed by atoms with E-state index in [1.807, 2.05) is 32.0 Å². The topological polar surface area (TPSA) is 46.2 Å². The molecule has 0 aliphatic rings. The van der Waals surface area contributed by atoms with Gasteiger partial charge in [0.05, 0.1) is 0 Å². The van der Waals surface area contributed by atoms with Crippen molar-refractivity contribution in [3.63, 3.8) is 0 Å². The van der Waals surface area contributed by atoms with Crippen molar-refractivity contribution in [2.75, 3.05) is 11.6 Å². The molecule has 0 aliphatic heterocycles. The first kappa shape index (κ1) is 14.5. The van der Waals surface area contributed by atoms with Gasteiger partial charge in [-0.15, -0.1) is 0 Å². The Balaban J connectivity index is 2.22. The molecule has 4 heteroatoms. The van der Waals surface area contributed by atoms with E-state index in [2.05, 4.69) is 5.32 Å². The number of carbonyl (C=O) groups excluding carboxylic acids is 1. The summed E-state index contributed by atoms with van der Waals surface area (Å²) in [5.41, 5.74) is 3.47. The van der Waals surface area contributed by atoms with Crippen LogP contribution in [0, 0.1) is 13.8 Å².